The standard InChI is InChI=1S/C24H23N3O2/c1-17-6-2-5-9-23(17)29-13-12-27-16-19(21-7-3-4-8-22(21)27)14-18(15-25)24(28)26-20-10-11-20/h2-9,14,16,20H,10-13H2,1H3,(H,26,28). The maximum atomic E-state index is 12.3. The first-order valence-corrected chi connectivity index (χ1v) is 9.84. The highest BCUT2D eigenvalue weighted by Gasteiger charge is 2.24. The van der Waals surface area contributed by atoms with Gasteiger partial charge in [0, 0.05) is 28.7 Å². The molecule has 0 bridgehead atoms. The number of hydrogen-bond acceptors (Lipinski definition) is 3. The highest BCUT2D eigenvalue weighted by atomic mass is 16.5. The average Bonchev–Trinajstić information content (AvgIpc) is 3.48. The molecule has 0 spiro atoms. The molecule has 1 aliphatic carbocycles. The molecule has 0 atom stereocenters. The quantitative estimate of drug-likeness (QED) is 0.489. The number of rotatable bonds is 7. The van der Waals surface area contributed by atoms with Crippen LogP contribution in [0.15, 0.2) is 60.3 Å². The largest absolute Gasteiger partial charge is 0.491 e. The lowest BCUT2D eigenvalue weighted by Crippen LogP contribution is -2.26. The van der Waals surface area contributed by atoms with Crippen molar-refractivity contribution in [1.82, 2.24) is 9.88 Å². The van der Waals surface area contributed by atoms with Gasteiger partial charge >= 0.3 is 0 Å². The third kappa shape index (κ3) is 4.33. The molecule has 1 aromatic heterocycles. The number of amides is 1. The number of ether oxygens (including phenoxy) is 1. The van der Waals surface area contributed by atoms with Crippen LogP contribution in [0.5, 0.6) is 5.75 Å². The Hall–Kier alpha value is -3.52. The fraction of sp³-hybridized carbons (Fsp3) is 0.250. The number of fused-ring (bicyclic) bond motifs is 1. The Morgan fingerprint density at radius 1 is 1.24 bits per heavy atom. The van der Waals surface area contributed by atoms with Gasteiger partial charge in [0.15, 0.2) is 0 Å². The Morgan fingerprint density at radius 3 is 2.76 bits per heavy atom. The van der Waals surface area contributed by atoms with E-state index in [2.05, 4.69) is 9.88 Å². The summed E-state index contributed by atoms with van der Waals surface area (Å²) in [6, 6.07) is 18.2. The van der Waals surface area contributed by atoms with Crippen molar-refractivity contribution in [2.45, 2.75) is 32.4 Å². The van der Waals surface area contributed by atoms with Gasteiger partial charge in [-0.05, 0) is 43.5 Å². The van der Waals surface area contributed by atoms with E-state index >= 15 is 0 Å². The molecule has 3 aromatic rings. The summed E-state index contributed by atoms with van der Waals surface area (Å²) in [6.45, 7) is 3.22. The molecule has 29 heavy (non-hydrogen) atoms. The fourth-order valence-electron chi connectivity index (χ4n) is 3.34. The third-order valence-corrected chi connectivity index (χ3v) is 5.08. The molecular formula is C24H23N3O2. The summed E-state index contributed by atoms with van der Waals surface area (Å²) in [5.41, 5.74) is 3.15. The fourth-order valence-corrected chi connectivity index (χ4v) is 3.34. The van der Waals surface area contributed by atoms with Gasteiger partial charge in [0.2, 0.25) is 0 Å². The second kappa shape index (κ2) is 8.24. The first kappa shape index (κ1) is 18.8. The molecule has 4 rings (SSSR count). The minimum absolute atomic E-state index is 0.135. The van der Waals surface area contributed by atoms with E-state index in [1.165, 1.54) is 0 Å². The van der Waals surface area contributed by atoms with Gasteiger partial charge in [0.1, 0.15) is 24.0 Å². The number of benzene rings is 2. The van der Waals surface area contributed by atoms with E-state index in [9.17, 15) is 10.1 Å². The van der Waals surface area contributed by atoms with Crippen LogP contribution < -0.4 is 10.1 Å². The topological polar surface area (TPSA) is 67.0 Å². The lowest BCUT2D eigenvalue weighted by molar-refractivity contribution is -0.117. The number of para-hydroxylation sites is 2. The van der Waals surface area contributed by atoms with Gasteiger partial charge in [-0.25, -0.2) is 0 Å². The predicted octanol–water partition coefficient (Wildman–Crippen LogP) is 4.21. The van der Waals surface area contributed by atoms with Crippen molar-refractivity contribution < 1.29 is 9.53 Å². The first-order chi connectivity index (χ1) is 14.2. The molecule has 0 saturated heterocycles. The van der Waals surface area contributed by atoms with Crippen LogP contribution in [0.1, 0.15) is 24.0 Å². The van der Waals surface area contributed by atoms with E-state index < -0.39 is 0 Å². The smallest absolute Gasteiger partial charge is 0.262 e. The predicted molar refractivity (Wildman–Crippen MR) is 113 cm³/mol. The average molecular weight is 385 g/mol. The van der Waals surface area contributed by atoms with Crippen molar-refractivity contribution in [3.63, 3.8) is 0 Å². The van der Waals surface area contributed by atoms with E-state index in [0.717, 1.165) is 40.6 Å². The van der Waals surface area contributed by atoms with Crippen LogP contribution in [0.4, 0.5) is 0 Å². The SMILES string of the molecule is Cc1ccccc1OCCn1cc(C=C(C#N)C(=O)NC2CC2)c2ccccc21. The zero-order valence-corrected chi connectivity index (χ0v) is 16.4. The van der Waals surface area contributed by atoms with Crippen molar-refractivity contribution in [1.29, 1.82) is 5.26 Å². The van der Waals surface area contributed by atoms with Gasteiger partial charge in [-0.15, -0.1) is 0 Å². The van der Waals surface area contributed by atoms with Crippen LogP contribution >= 0.6 is 0 Å². The number of aromatic nitrogens is 1. The Balaban J connectivity index is 1.56. The highest BCUT2D eigenvalue weighted by Crippen LogP contribution is 2.25. The van der Waals surface area contributed by atoms with Gasteiger partial charge in [-0.2, -0.15) is 5.26 Å². The molecule has 0 aliphatic heterocycles. The Bertz CT molecular complexity index is 1120. The van der Waals surface area contributed by atoms with Crippen LogP contribution in [0.2, 0.25) is 0 Å². The van der Waals surface area contributed by atoms with Gasteiger partial charge < -0.3 is 14.6 Å². The zero-order valence-electron chi connectivity index (χ0n) is 16.4. The highest BCUT2D eigenvalue weighted by molar-refractivity contribution is 6.04. The first-order valence-electron chi connectivity index (χ1n) is 9.84. The minimum Gasteiger partial charge on any atom is -0.491 e. The van der Waals surface area contributed by atoms with E-state index in [1.807, 2.05) is 67.7 Å². The number of carbonyl (C=O) groups excluding carboxylic acids is 1. The van der Waals surface area contributed by atoms with E-state index in [0.29, 0.717) is 13.2 Å². The molecule has 146 valence electrons. The Kier molecular flexibility index (Phi) is 5.35. The lowest BCUT2D eigenvalue weighted by atomic mass is 10.1. The molecule has 0 unspecified atom stereocenters. The zero-order chi connectivity index (χ0) is 20.2. The summed E-state index contributed by atoms with van der Waals surface area (Å²) in [6.07, 6.45) is 5.64. The Labute approximate surface area is 170 Å². The van der Waals surface area contributed by atoms with E-state index in [-0.39, 0.29) is 17.5 Å². The van der Waals surface area contributed by atoms with Crippen molar-refractivity contribution in [3.05, 3.63) is 71.4 Å². The van der Waals surface area contributed by atoms with Crippen LogP contribution in [0, 0.1) is 18.3 Å². The number of nitriles is 1. The van der Waals surface area contributed by atoms with Gasteiger partial charge in [-0.3, -0.25) is 4.79 Å². The van der Waals surface area contributed by atoms with Crippen molar-refractivity contribution in [3.8, 4) is 11.8 Å². The van der Waals surface area contributed by atoms with Crippen molar-refractivity contribution in [2.24, 2.45) is 0 Å². The number of hydrogen-bond donors (Lipinski definition) is 1. The molecule has 1 aliphatic rings. The second-order valence-electron chi connectivity index (χ2n) is 7.33. The minimum atomic E-state index is -0.297. The van der Waals surface area contributed by atoms with Crippen LogP contribution in [-0.2, 0) is 11.3 Å². The lowest BCUT2D eigenvalue weighted by Gasteiger charge is -2.10. The summed E-state index contributed by atoms with van der Waals surface area (Å²) in [5.74, 6) is 0.585. The Morgan fingerprint density at radius 2 is 2.00 bits per heavy atom. The number of carbonyl (C=O) groups is 1. The molecule has 1 saturated carbocycles. The molecule has 5 nitrogen and oxygen atoms in total. The van der Waals surface area contributed by atoms with Gasteiger partial charge in [-0.1, -0.05) is 36.4 Å². The molecule has 2 aromatic carbocycles. The van der Waals surface area contributed by atoms with E-state index in [1.54, 1.807) is 6.08 Å². The van der Waals surface area contributed by atoms with E-state index in [4.69, 9.17) is 4.74 Å². The maximum absolute atomic E-state index is 12.3. The third-order valence-electron chi connectivity index (χ3n) is 5.08. The maximum Gasteiger partial charge on any atom is 0.262 e. The number of nitrogens with zero attached hydrogens (tertiary/aromatic N) is 2. The van der Waals surface area contributed by atoms with Crippen molar-refractivity contribution >= 4 is 22.9 Å². The molecule has 1 N–H and O–H groups in total. The number of aryl methyl sites for hydroxylation is 1. The number of nitrogens with one attached hydrogen (secondary N) is 1. The van der Waals surface area contributed by atoms with Gasteiger partial charge in [0.25, 0.3) is 5.91 Å². The summed E-state index contributed by atoms with van der Waals surface area (Å²) >= 11 is 0. The molecule has 0 radical (unpaired) electrons. The molecule has 1 fully saturated rings. The summed E-state index contributed by atoms with van der Waals surface area (Å²) in [4.78, 5) is 12.3. The van der Waals surface area contributed by atoms with Crippen molar-refractivity contribution in [2.75, 3.05) is 6.61 Å². The molecular weight excluding hydrogens is 362 g/mol. The summed E-state index contributed by atoms with van der Waals surface area (Å²) in [7, 11) is 0. The second-order valence-corrected chi connectivity index (χ2v) is 7.33. The molecule has 1 heterocycles. The van der Waals surface area contributed by atoms with Crippen LogP contribution in [-0.4, -0.2) is 23.1 Å². The summed E-state index contributed by atoms with van der Waals surface area (Å²) in [5, 5.41) is 13.3. The molecule has 5 heteroatoms. The normalized spacial score (nSPS) is 13.9. The monoisotopic (exact) mass is 385 g/mol. The van der Waals surface area contributed by atoms with Crippen LogP contribution in [0.3, 0.4) is 0 Å². The van der Waals surface area contributed by atoms with Crippen LogP contribution in [0.25, 0.3) is 17.0 Å². The molecule has 1 amide bonds. The summed E-state index contributed by atoms with van der Waals surface area (Å²) < 4.78 is 8.04. The van der Waals surface area contributed by atoms with Gasteiger partial charge in [0.05, 0.1) is 6.54 Å².